The quantitative estimate of drug-likeness (QED) is 0.500. The van der Waals surface area contributed by atoms with Crippen molar-refractivity contribution in [3.63, 3.8) is 0 Å². The Bertz CT molecular complexity index is 716. The molecule has 1 saturated heterocycles. The number of carbonyl (C=O) groups excluding carboxylic acids is 1. The molecule has 0 aromatic heterocycles. The van der Waals surface area contributed by atoms with Crippen LogP contribution in [0.25, 0.3) is 0 Å². The van der Waals surface area contributed by atoms with E-state index in [9.17, 15) is 14.7 Å². The third-order valence-corrected chi connectivity index (χ3v) is 4.70. The molecule has 0 radical (unpaired) electrons. The number of aromatic hydroxyl groups is 1. The van der Waals surface area contributed by atoms with Gasteiger partial charge in [0, 0.05) is 30.4 Å². The zero-order chi connectivity index (χ0) is 18.4. The van der Waals surface area contributed by atoms with Gasteiger partial charge in [-0.15, -0.1) is 5.10 Å². The zero-order valence-corrected chi connectivity index (χ0v) is 14.8. The summed E-state index contributed by atoms with van der Waals surface area (Å²) in [5, 5.41) is 28.6. The number of rotatable bonds is 7. The lowest BCUT2D eigenvalue weighted by Gasteiger charge is -2.21. The Morgan fingerprint density at radius 2 is 2.12 bits per heavy atom. The van der Waals surface area contributed by atoms with Crippen LogP contribution in [0.4, 0.5) is 5.69 Å². The summed E-state index contributed by atoms with van der Waals surface area (Å²) in [4.78, 5) is 24.4. The van der Waals surface area contributed by atoms with Crippen LogP contribution in [0.5, 0.6) is 5.75 Å². The second-order valence-electron chi connectivity index (χ2n) is 5.26. The summed E-state index contributed by atoms with van der Waals surface area (Å²) in [5.74, 6) is -1.36. The molecule has 1 amide bonds. The standard InChI is InChI=1S/C16H20N4O4S/c1-3-20(4-2)11-6-5-10(12(21)7-11)9-17-19-16-18-15(24)13(25-16)8-14(22)23/h5-7,9,13,21H,3-4,8H2,1-2H3,(H,22,23)(H,18,19,24)/b17-9-/t13-/m0/s1. The van der Waals surface area contributed by atoms with Crippen LogP contribution in [-0.2, 0) is 9.59 Å². The molecule has 0 spiro atoms. The largest absolute Gasteiger partial charge is 0.507 e. The van der Waals surface area contributed by atoms with E-state index in [4.69, 9.17) is 5.11 Å². The highest BCUT2D eigenvalue weighted by Crippen LogP contribution is 2.24. The number of nitrogens with one attached hydrogen (secondary N) is 1. The summed E-state index contributed by atoms with van der Waals surface area (Å²) in [5.41, 5.74) is 1.41. The first-order valence-electron chi connectivity index (χ1n) is 7.82. The summed E-state index contributed by atoms with van der Waals surface area (Å²) in [6, 6.07) is 5.28. The minimum absolute atomic E-state index is 0.0835. The number of carbonyl (C=O) groups is 2. The van der Waals surface area contributed by atoms with Crippen LogP contribution in [0.2, 0.25) is 0 Å². The van der Waals surface area contributed by atoms with Crippen molar-refractivity contribution >= 4 is 40.7 Å². The minimum atomic E-state index is -1.05. The van der Waals surface area contributed by atoms with E-state index < -0.39 is 17.1 Å². The summed E-state index contributed by atoms with van der Waals surface area (Å²) < 4.78 is 0. The number of hydrogen-bond donors (Lipinski definition) is 3. The van der Waals surface area contributed by atoms with Crippen LogP contribution in [0, 0.1) is 0 Å². The number of thioether (sulfide) groups is 1. The number of carboxylic acids is 1. The van der Waals surface area contributed by atoms with Crippen LogP contribution >= 0.6 is 11.8 Å². The number of carboxylic acid groups (broad SMARTS) is 1. The van der Waals surface area contributed by atoms with Crippen LogP contribution < -0.4 is 10.2 Å². The van der Waals surface area contributed by atoms with Crippen LogP contribution in [0.1, 0.15) is 25.8 Å². The SMILES string of the molecule is CCN(CC)c1ccc(/C=N\N=C2\NC(=O)[C@H](CC(=O)O)S2)c(O)c1. The van der Waals surface area contributed by atoms with Crippen molar-refractivity contribution in [1.29, 1.82) is 0 Å². The molecule has 0 bridgehead atoms. The average Bonchev–Trinajstić information content (AvgIpc) is 2.89. The highest BCUT2D eigenvalue weighted by molar-refractivity contribution is 8.15. The maximum Gasteiger partial charge on any atom is 0.305 e. The summed E-state index contributed by atoms with van der Waals surface area (Å²) in [6.45, 7) is 5.76. The van der Waals surface area contributed by atoms with Gasteiger partial charge in [0.2, 0.25) is 5.91 Å². The van der Waals surface area contributed by atoms with E-state index in [-0.39, 0.29) is 17.3 Å². The van der Waals surface area contributed by atoms with Crippen molar-refractivity contribution in [3.05, 3.63) is 23.8 Å². The summed E-state index contributed by atoms with van der Waals surface area (Å²) in [7, 11) is 0. The molecular weight excluding hydrogens is 344 g/mol. The average molecular weight is 364 g/mol. The molecule has 1 aliphatic heterocycles. The molecule has 1 aromatic rings. The third-order valence-electron chi connectivity index (χ3n) is 3.62. The normalized spacial score (nSPS) is 18.7. The van der Waals surface area contributed by atoms with Crippen molar-refractivity contribution in [1.82, 2.24) is 5.32 Å². The second kappa shape index (κ2) is 8.52. The van der Waals surface area contributed by atoms with Gasteiger partial charge in [0.15, 0.2) is 5.17 Å². The van der Waals surface area contributed by atoms with E-state index in [2.05, 4.69) is 20.4 Å². The van der Waals surface area contributed by atoms with Gasteiger partial charge in [-0.2, -0.15) is 5.10 Å². The molecule has 3 N–H and O–H groups in total. The van der Waals surface area contributed by atoms with Crippen molar-refractivity contribution in [3.8, 4) is 5.75 Å². The number of anilines is 1. The number of phenols is 1. The van der Waals surface area contributed by atoms with Crippen LogP contribution in [0.15, 0.2) is 28.4 Å². The predicted molar refractivity (Wildman–Crippen MR) is 98.5 cm³/mol. The Morgan fingerprint density at radius 1 is 1.40 bits per heavy atom. The molecule has 0 aliphatic carbocycles. The van der Waals surface area contributed by atoms with Gasteiger partial charge < -0.3 is 20.4 Å². The molecule has 0 saturated carbocycles. The van der Waals surface area contributed by atoms with Gasteiger partial charge in [0.1, 0.15) is 11.0 Å². The van der Waals surface area contributed by atoms with Crippen molar-refractivity contribution in [2.75, 3.05) is 18.0 Å². The molecule has 1 heterocycles. The molecule has 9 heteroatoms. The Kier molecular flexibility index (Phi) is 6.40. The Balaban J connectivity index is 2.05. The molecule has 2 rings (SSSR count). The highest BCUT2D eigenvalue weighted by Gasteiger charge is 2.32. The Morgan fingerprint density at radius 3 is 2.72 bits per heavy atom. The van der Waals surface area contributed by atoms with Gasteiger partial charge in [0.25, 0.3) is 0 Å². The van der Waals surface area contributed by atoms with Crippen molar-refractivity contribution in [2.24, 2.45) is 10.2 Å². The number of aliphatic carboxylic acids is 1. The lowest BCUT2D eigenvalue weighted by Crippen LogP contribution is -2.26. The molecular formula is C16H20N4O4S. The topological polar surface area (TPSA) is 115 Å². The minimum Gasteiger partial charge on any atom is -0.507 e. The monoisotopic (exact) mass is 364 g/mol. The number of nitrogens with zero attached hydrogens (tertiary/aromatic N) is 3. The first-order chi connectivity index (χ1) is 11.9. The van der Waals surface area contributed by atoms with E-state index in [0.29, 0.717) is 5.56 Å². The molecule has 0 unspecified atom stereocenters. The molecule has 134 valence electrons. The number of amides is 1. The lowest BCUT2D eigenvalue weighted by atomic mass is 10.2. The van der Waals surface area contributed by atoms with E-state index in [1.807, 2.05) is 19.9 Å². The van der Waals surface area contributed by atoms with E-state index in [0.717, 1.165) is 30.5 Å². The Hall–Kier alpha value is -2.55. The zero-order valence-electron chi connectivity index (χ0n) is 14.0. The summed E-state index contributed by atoms with van der Waals surface area (Å²) in [6.07, 6.45) is 1.11. The van der Waals surface area contributed by atoms with E-state index in [1.165, 1.54) is 6.21 Å². The fraction of sp³-hybridized carbons (Fsp3) is 0.375. The first kappa shape index (κ1) is 18.8. The number of hydrogen-bond acceptors (Lipinski definition) is 7. The number of benzene rings is 1. The molecule has 1 aromatic carbocycles. The smallest absolute Gasteiger partial charge is 0.305 e. The molecule has 1 fully saturated rings. The highest BCUT2D eigenvalue weighted by atomic mass is 32.2. The van der Waals surface area contributed by atoms with Crippen LogP contribution in [-0.4, -0.2) is 51.8 Å². The number of amidine groups is 1. The maximum atomic E-state index is 11.6. The number of phenolic OH excluding ortho intramolecular Hbond substituents is 1. The maximum absolute atomic E-state index is 11.6. The summed E-state index contributed by atoms with van der Waals surface area (Å²) >= 11 is 1.02. The van der Waals surface area contributed by atoms with Crippen molar-refractivity contribution < 1.29 is 19.8 Å². The third kappa shape index (κ3) is 4.96. The van der Waals surface area contributed by atoms with Crippen molar-refractivity contribution in [2.45, 2.75) is 25.5 Å². The first-order valence-corrected chi connectivity index (χ1v) is 8.70. The van der Waals surface area contributed by atoms with Gasteiger partial charge in [-0.1, -0.05) is 11.8 Å². The van der Waals surface area contributed by atoms with Crippen LogP contribution in [0.3, 0.4) is 0 Å². The fourth-order valence-corrected chi connectivity index (χ4v) is 3.23. The Labute approximate surface area is 149 Å². The van der Waals surface area contributed by atoms with E-state index in [1.54, 1.807) is 12.1 Å². The second-order valence-corrected chi connectivity index (χ2v) is 6.45. The fourth-order valence-electron chi connectivity index (χ4n) is 2.32. The van der Waals surface area contributed by atoms with Gasteiger partial charge >= 0.3 is 5.97 Å². The van der Waals surface area contributed by atoms with E-state index >= 15 is 0 Å². The van der Waals surface area contributed by atoms with Gasteiger partial charge in [0.05, 0.1) is 12.6 Å². The predicted octanol–water partition coefficient (Wildman–Crippen LogP) is 1.63. The lowest BCUT2D eigenvalue weighted by molar-refractivity contribution is -0.138. The van der Waals surface area contributed by atoms with Gasteiger partial charge in [-0.3, -0.25) is 9.59 Å². The molecule has 8 nitrogen and oxygen atoms in total. The van der Waals surface area contributed by atoms with Gasteiger partial charge in [-0.05, 0) is 26.0 Å². The molecule has 1 atom stereocenters. The van der Waals surface area contributed by atoms with Gasteiger partial charge in [-0.25, -0.2) is 0 Å². The molecule has 25 heavy (non-hydrogen) atoms. The molecule has 1 aliphatic rings.